The summed E-state index contributed by atoms with van der Waals surface area (Å²) in [6, 6.07) is 5.15. The number of pyridine rings is 1. The van der Waals surface area contributed by atoms with E-state index in [0.29, 0.717) is 11.9 Å². The maximum Gasteiger partial charge on any atom is 0.272 e. The summed E-state index contributed by atoms with van der Waals surface area (Å²) in [4.78, 5) is 26.2. The molecule has 0 N–H and O–H groups in total. The number of halogens is 1. The molecule has 2 heterocycles. The van der Waals surface area contributed by atoms with Crippen molar-refractivity contribution in [2.75, 3.05) is 0 Å². The zero-order chi connectivity index (χ0) is 10.1. The van der Waals surface area contributed by atoms with Crippen LogP contribution < -0.4 is 5.56 Å². The lowest BCUT2D eigenvalue weighted by Gasteiger charge is -2.01. The Balaban J connectivity index is 2.99. The summed E-state index contributed by atoms with van der Waals surface area (Å²) in [6.45, 7) is 0. The number of hydrogen-bond donors (Lipinski definition) is 0. The first-order valence-corrected chi connectivity index (χ1v) is 4.65. The summed E-state index contributed by atoms with van der Waals surface area (Å²) >= 11 is 3.03. The van der Waals surface area contributed by atoms with E-state index in [0.717, 1.165) is 0 Å². The number of carbonyl (C=O) groups is 1. The van der Waals surface area contributed by atoms with Gasteiger partial charge >= 0.3 is 0 Å². The first-order valence-electron chi connectivity index (χ1n) is 3.86. The fourth-order valence-electron chi connectivity index (χ4n) is 1.16. The smallest absolute Gasteiger partial charge is 0.272 e. The van der Waals surface area contributed by atoms with Gasteiger partial charge in [0.2, 0.25) is 0 Å². The summed E-state index contributed by atoms with van der Waals surface area (Å²) in [5.74, 6) is 0. The van der Waals surface area contributed by atoms with Crippen molar-refractivity contribution in [2.45, 2.75) is 0 Å². The van der Waals surface area contributed by atoms with Gasteiger partial charge in [-0.2, -0.15) is 0 Å². The predicted molar refractivity (Wildman–Crippen MR) is 54.5 cm³/mol. The molecule has 2 aromatic rings. The Kier molecular flexibility index (Phi) is 2.17. The van der Waals surface area contributed by atoms with Crippen molar-refractivity contribution in [3.8, 4) is 0 Å². The molecule has 5 heteroatoms. The third-order valence-corrected chi connectivity index (χ3v) is 2.56. The van der Waals surface area contributed by atoms with Gasteiger partial charge < -0.3 is 0 Å². The average molecular weight is 253 g/mol. The summed E-state index contributed by atoms with van der Waals surface area (Å²) < 4.78 is 1.56. The highest BCUT2D eigenvalue weighted by Crippen LogP contribution is 2.08. The Morgan fingerprint density at radius 3 is 2.93 bits per heavy atom. The lowest BCUT2D eigenvalue weighted by Crippen LogP contribution is -2.17. The Labute approximate surface area is 87.3 Å². The number of aromatic nitrogens is 2. The lowest BCUT2D eigenvalue weighted by atomic mass is 10.4. The van der Waals surface area contributed by atoms with Crippen LogP contribution in [0.1, 0.15) is 10.5 Å². The molecule has 0 radical (unpaired) electrons. The number of carbonyl (C=O) groups excluding carboxylic acids is 1. The topological polar surface area (TPSA) is 51.4 Å². The van der Waals surface area contributed by atoms with Crippen LogP contribution in [0.4, 0.5) is 0 Å². The zero-order valence-electron chi connectivity index (χ0n) is 6.98. The zero-order valence-corrected chi connectivity index (χ0v) is 8.56. The minimum Gasteiger partial charge on any atom is -0.296 e. The monoisotopic (exact) mass is 252 g/mol. The average Bonchev–Trinajstić information content (AvgIpc) is 2.23. The predicted octanol–water partition coefficient (Wildman–Crippen LogP) is 1.27. The molecule has 0 amide bonds. The van der Waals surface area contributed by atoms with E-state index < -0.39 is 0 Å². The van der Waals surface area contributed by atoms with E-state index in [4.69, 9.17) is 0 Å². The Hall–Kier alpha value is -1.49. The Morgan fingerprint density at radius 2 is 2.21 bits per heavy atom. The molecule has 0 aliphatic carbocycles. The van der Waals surface area contributed by atoms with E-state index in [1.165, 1.54) is 4.40 Å². The van der Waals surface area contributed by atoms with Crippen molar-refractivity contribution in [2.24, 2.45) is 0 Å². The maximum absolute atomic E-state index is 11.6. The van der Waals surface area contributed by atoms with Crippen LogP contribution in [0.5, 0.6) is 0 Å². The molecular weight excluding hydrogens is 248 g/mol. The van der Waals surface area contributed by atoms with Crippen LogP contribution in [0.15, 0.2) is 33.7 Å². The first-order chi connectivity index (χ1) is 6.74. The fourth-order valence-corrected chi connectivity index (χ4v) is 1.54. The molecule has 2 rings (SSSR count). The van der Waals surface area contributed by atoms with E-state index in [9.17, 15) is 9.59 Å². The van der Waals surface area contributed by atoms with Gasteiger partial charge in [0, 0.05) is 6.20 Å². The summed E-state index contributed by atoms with van der Waals surface area (Å²) in [6.07, 6.45) is 2.16. The van der Waals surface area contributed by atoms with E-state index in [1.54, 1.807) is 24.4 Å². The molecule has 2 aromatic heterocycles. The van der Waals surface area contributed by atoms with Gasteiger partial charge in [-0.05, 0) is 28.1 Å². The lowest BCUT2D eigenvalue weighted by molar-refractivity contribution is 0.111. The van der Waals surface area contributed by atoms with Crippen LogP contribution in [-0.2, 0) is 0 Å². The Morgan fingerprint density at radius 1 is 1.43 bits per heavy atom. The Bertz CT molecular complexity index is 562. The second-order valence-corrected chi connectivity index (χ2v) is 3.46. The molecular formula is C9H5BrN2O2. The molecule has 0 saturated heterocycles. The normalized spacial score (nSPS) is 10.4. The molecule has 0 saturated carbocycles. The molecule has 0 aromatic carbocycles. The van der Waals surface area contributed by atoms with E-state index in [-0.39, 0.29) is 15.7 Å². The van der Waals surface area contributed by atoms with E-state index in [1.807, 2.05) is 0 Å². The SMILES string of the molecule is O=Cc1nc2ccccn2c(=O)c1Br. The molecule has 70 valence electrons. The molecule has 0 bridgehead atoms. The van der Waals surface area contributed by atoms with Crippen LogP contribution >= 0.6 is 15.9 Å². The highest BCUT2D eigenvalue weighted by Gasteiger charge is 2.07. The van der Waals surface area contributed by atoms with Gasteiger partial charge in [0.05, 0.1) is 0 Å². The van der Waals surface area contributed by atoms with Gasteiger partial charge in [0.1, 0.15) is 15.8 Å². The van der Waals surface area contributed by atoms with Crippen LogP contribution in [0.2, 0.25) is 0 Å². The quantitative estimate of drug-likeness (QED) is 0.719. The van der Waals surface area contributed by atoms with Crippen molar-refractivity contribution in [3.05, 3.63) is 44.9 Å². The third-order valence-electron chi connectivity index (χ3n) is 1.82. The van der Waals surface area contributed by atoms with Gasteiger partial charge in [0.25, 0.3) is 5.56 Å². The first kappa shape index (κ1) is 9.08. The molecule has 0 spiro atoms. The van der Waals surface area contributed by atoms with Crippen LogP contribution in [-0.4, -0.2) is 15.7 Å². The molecule has 14 heavy (non-hydrogen) atoms. The van der Waals surface area contributed by atoms with Crippen molar-refractivity contribution >= 4 is 27.9 Å². The second kappa shape index (κ2) is 3.34. The summed E-state index contributed by atoms with van der Waals surface area (Å²) in [5, 5.41) is 0. The molecule has 4 nitrogen and oxygen atoms in total. The molecule has 0 aliphatic rings. The number of hydrogen-bond acceptors (Lipinski definition) is 3. The highest BCUT2D eigenvalue weighted by atomic mass is 79.9. The molecule has 0 unspecified atom stereocenters. The van der Waals surface area contributed by atoms with Gasteiger partial charge in [-0.3, -0.25) is 14.0 Å². The van der Waals surface area contributed by atoms with Crippen molar-refractivity contribution in [1.29, 1.82) is 0 Å². The van der Waals surface area contributed by atoms with Crippen LogP contribution in [0, 0.1) is 0 Å². The van der Waals surface area contributed by atoms with E-state index >= 15 is 0 Å². The summed E-state index contributed by atoms with van der Waals surface area (Å²) in [7, 11) is 0. The van der Waals surface area contributed by atoms with Gasteiger partial charge in [-0.25, -0.2) is 4.98 Å². The van der Waals surface area contributed by atoms with Crippen molar-refractivity contribution < 1.29 is 4.79 Å². The standard InChI is InChI=1S/C9H5BrN2O2/c10-8-6(5-13)11-7-3-1-2-4-12(7)9(8)14/h1-5H. The molecule has 0 aliphatic heterocycles. The van der Waals surface area contributed by atoms with Crippen LogP contribution in [0.3, 0.4) is 0 Å². The van der Waals surface area contributed by atoms with Gasteiger partial charge in [-0.1, -0.05) is 6.07 Å². The van der Waals surface area contributed by atoms with Crippen LogP contribution in [0.25, 0.3) is 5.65 Å². The second-order valence-electron chi connectivity index (χ2n) is 2.66. The number of aldehydes is 1. The summed E-state index contributed by atoms with van der Waals surface area (Å²) in [5.41, 5.74) is 0.307. The van der Waals surface area contributed by atoms with Crippen molar-refractivity contribution in [3.63, 3.8) is 0 Å². The fraction of sp³-hybridized carbons (Fsp3) is 0. The van der Waals surface area contributed by atoms with Gasteiger partial charge in [0.15, 0.2) is 6.29 Å². The molecule has 0 atom stereocenters. The molecule has 0 fully saturated rings. The van der Waals surface area contributed by atoms with E-state index in [2.05, 4.69) is 20.9 Å². The number of nitrogens with zero attached hydrogens (tertiary/aromatic N) is 2. The highest BCUT2D eigenvalue weighted by molar-refractivity contribution is 9.10. The number of rotatable bonds is 1. The van der Waals surface area contributed by atoms with Gasteiger partial charge in [-0.15, -0.1) is 0 Å². The van der Waals surface area contributed by atoms with Crippen molar-refractivity contribution in [1.82, 2.24) is 9.38 Å². The minimum atomic E-state index is -0.280. The number of fused-ring (bicyclic) bond motifs is 1. The third kappa shape index (κ3) is 1.26. The minimum absolute atomic E-state index is 0.126. The maximum atomic E-state index is 11.6. The largest absolute Gasteiger partial charge is 0.296 e.